The number of fused-ring (bicyclic) bond motifs is 1. The molecule has 1 N–H and O–H groups in total. The molecule has 6 heteroatoms. The highest BCUT2D eigenvalue weighted by atomic mass is 31.1. The summed E-state index contributed by atoms with van der Waals surface area (Å²) in [5, 5.41) is 4.66. The Kier molecular flexibility index (Phi) is 5.07. The van der Waals surface area contributed by atoms with Crippen LogP contribution in [-0.2, 0) is 4.79 Å². The lowest BCUT2D eigenvalue weighted by Crippen LogP contribution is -2.54. The van der Waals surface area contributed by atoms with Gasteiger partial charge in [-0.3, -0.25) is 4.79 Å². The molecule has 1 aromatic rings. The van der Waals surface area contributed by atoms with Gasteiger partial charge in [0, 0.05) is 37.4 Å². The van der Waals surface area contributed by atoms with Gasteiger partial charge in [0.1, 0.15) is 5.75 Å². The molecule has 0 aliphatic carbocycles. The molecule has 3 heterocycles. The number of piperazine rings is 1. The minimum absolute atomic E-state index is 0.0580. The summed E-state index contributed by atoms with van der Waals surface area (Å²) in [7, 11) is 2.20. The number of rotatable bonds is 3. The second-order valence-electron chi connectivity index (χ2n) is 7.41. The third kappa shape index (κ3) is 3.80. The number of methoxy groups -OCH3 is 1. The summed E-state index contributed by atoms with van der Waals surface area (Å²) in [5.74, 6) is 1.000. The molecular formula is C21H26N3O2P. The third-order valence-electron chi connectivity index (χ3n) is 5.17. The smallest absolute Gasteiger partial charge is 0.252 e. The zero-order chi connectivity index (χ0) is 19.0. The predicted octanol–water partition coefficient (Wildman–Crippen LogP) is 2.98. The maximum atomic E-state index is 12.8. The number of carbonyl (C=O) groups excluding carboxylic acids is 1. The standard InChI is InChI=1S/C21H26N3O2P/c1-14-11-23(12-15(2)22-14)17-6-9-21-24(13-17)20(25)10-19(27-21)16-4-7-18(26-3)8-5-16/h4-10,13-15,21-22,27H,11-12H2,1-3H3/t14-,15?,21?/m0/s1. The summed E-state index contributed by atoms with van der Waals surface area (Å²) in [6.07, 6.45) is 8.18. The van der Waals surface area contributed by atoms with Crippen molar-refractivity contribution in [2.24, 2.45) is 0 Å². The van der Waals surface area contributed by atoms with Crippen LogP contribution in [0, 0.1) is 0 Å². The van der Waals surface area contributed by atoms with Gasteiger partial charge in [-0.2, -0.15) is 0 Å². The van der Waals surface area contributed by atoms with Crippen molar-refractivity contribution in [3.63, 3.8) is 0 Å². The molecule has 3 aliphatic rings. The van der Waals surface area contributed by atoms with E-state index in [-0.39, 0.29) is 11.7 Å². The number of amides is 1. The van der Waals surface area contributed by atoms with Gasteiger partial charge >= 0.3 is 0 Å². The first-order valence-corrected chi connectivity index (χ1v) is 10.5. The maximum Gasteiger partial charge on any atom is 0.252 e. The lowest BCUT2D eigenvalue weighted by atomic mass is 10.1. The van der Waals surface area contributed by atoms with Crippen molar-refractivity contribution in [3.8, 4) is 5.75 Å². The first kappa shape index (κ1) is 18.3. The Balaban J connectivity index is 1.54. The van der Waals surface area contributed by atoms with Crippen LogP contribution in [0.15, 0.2) is 54.4 Å². The fourth-order valence-electron chi connectivity index (χ4n) is 3.93. The van der Waals surface area contributed by atoms with Crippen molar-refractivity contribution in [1.82, 2.24) is 15.1 Å². The highest BCUT2D eigenvalue weighted by Gasteiger charge is 2.30. The molecule has 0 saturated carbocycles. The van der Waals surface area contributed by atoms with Gasteiger partial charge < -0.3 is 19.9 Å². The Morgan fingerprint density at radius 2 is 1.85 bits per heavy atom. The van der Waals surface area contributed by atoms with Crippen LogP contribution in [-0.4, -0.2) is 53.8 Å². The van der Waals surface area contributed by atoms with Gasteiger partial charge in [0.05, 0.1) is 18.6 Å². The molecule has 1 fully saturated rings. The van der Waals surface area contributed by atoms with E-state index >= 15 is 0 Å². The zero-order valence-corrected chi connectivity index (χ0v) is 17.0. The molecule has 1 aromatic carbocycles. The normalized spacial score (nSPS) is 28.7. The lowest BCUT2D eigenvalue weighted by molar-refractivity contribution is -0.123. The Labute approximate surface area is 162 Å². The Bertz CT molecular complexity index is 805. The Hall–Kier alpha value is -2.10. The van der Waals surface area contributed by atoms with Crippen LogP contribution in [0.4, 0.5) is 0 Å². The molecule has 3 aliphatic heterocycles. The first-order chi connectivity index (χ1) is 13.0. The average molecular weight is 383 g/mol. The number of hydrogen-bond donors (Lipinski definition) is 1. The molecule has 0 spiro atoms. The molecule has 3 unspecified atom stereocenters. The maximum absolute atomic E-state index is 12.8. The molecule has 142 valence electrons. The largest absolute Gasteiger partial charge is 0.497 e. The molecule has 0 aromatic heterocycles. The molecule has 1 saturated heterocycles. The van der Waals surface area contributed by atoms with Gasteiger partial charge in [-0.15, -0.1) is 0 Å². The van der Waals surface area contributed by atoms with Gasteiger partial charge in [-0.1, -0.05) is 26.8 Å². The molecular weight excluding hydrogens is 357 g/mol. The van der Waals surface area contributed by atoms with E-state index in [1.54, 1.807) is 13.2 Å². The van der Waals surface area contributed by atoms with Crippen molar-refractivity contribution < 1.29 is 9.53 Å². The van der Waals surface area contributed by atoms with E-state index < -0.39 is 0 Å². The molecule has 1 amide bonds. The lowest BCUT2D eigenvalue weighted by Gasteiger charge is -2.41. The van der Waals surface area contributed by atoms with Crippen molar-refractivity contribution in [3.05, 3.63) is 60.0 Å². The predicted molar refractivity (Wildman–Crippen MR) is 111 cm³/mol. The molecule has 0 bridgehead atoms. The van der Waals surface area contributed by atoms with Gasteiger partial charge in [0.15, 0.2) is 0 Å². The topological polar surface area (TPSA) is 44.8 Å². The van der Waals surface area contributed by atoms with Gasteiger partial charge in [-0.25, -0.2) is 0 Å². The van der Waals surface area contributed by atoms with Crippen molar-refractivity contribution in [2.75, 3.05) is 20.2 Å². The van der Waals surface area contributed by atoms with Crippen LogP contribution in [0.25, 0.3) is 5.31 Å². The summed E-state index contributed by atoms with van der Waals surface area (Å²) >= 11 is 0. The van der Waals surface area contributed by atoms with Gasteiger partial charge in [-0.05, 0) is 42.9 Å². The van der Waals surface area contributed by atoms with E-state index in [0.717, 1.165) is 35.4 Å². The number of carbonyl (C=O) groups is 1. The summed E-state index contributed by atoms with van der Waals surface area (Å²) in [5.41, 5.74) is 2.22. The average Bonchev–Trinajstić information content (AvgIpc) is 2.67. The fourth-order valence-corrected chi connectivity index (χ4v) is 5.32. The van der Waals surface area contributed by atoms with E-state index in [1.807, 2.05) is 35.4 Å². The van der Waals surface area contributed by atoms with Crippen LogP contribution < -0.4 is 10.1 Å². The van der Waals surface area contributed by atoms with E-state index in [2.05, 4.69) is 36.2 Å². The first-order valence-electron chi connectivity index (χ1n) is 9.39. The monoisotopic (exact) mass is 383 g/mol. The number of hydrogen-bond acceptors (Lipinski definition) is 4. The Morgan fingerprint density at radius 1 is 1.15 bits per heavy atom. The van der Waals surface area contributed by atoms with Gasteiger partial charge in [0.2, 0.25) is 0 Å². The molecule has 27 heavy (non-hydrogen) atoms. The quantitative estimate of drug-likeness (QED) is 0.816. The van der Waals surface area contributed by atoms with E-state index in [1.165, 1.54) is 0 Å². The Morgan fingerprint density at radius 3 is 2.52 bits per heavy atom. The number of ether oxygens (including phenoxy) is 1. The SMILES string of the molecule is COc1ccc(C2=CC(=O)N3C=C(N4CC(C)N[C@@H](C)C4)C=CC3P2)cc1. The second kappa shape index (κ2) is 7.49. The van der Waals surface area contributed by atoms with Crippen molar-refractivity contribution in [1.29, 1.82) is 0 Å². The summed E-state index contributed by atoms with van der Waals surface area (Å²) < 4.78 is 5.23. The summed E-state index contributed by atoms with van der Waals surface area (Å²) in [6, 6.07) is 8.83. The minimum atomic E-state index is 0.0580. The van der Waals surface area contributed by atoms with Crippen LogP contribution in [0.2, 0.25) is 0 Å². The molecule has 4 rings (SSSR count). The number of nitrogens with zero attached hydrogens (tertiary/aromatic N) is 2. The molecule has 5 nitrogen and oxygen atoms in total. The van der Waals surface area contributed by atoms with Crippen LogP contribution in [0.5, 0.6) is 5.75 Å². The number of nitrogens with one attached hydrogen (secondary N) is 1. The zero-order valence-electron chi connectivity index (χ0n) is 16.0. The molecule has 4 atom stereocenters. The second-order valence-corrected chi connectivity index (χ2v) is 8.83. The number of benzene rings is 1. The molecule has 0 radical (unpaired) electrons. The van der Waals surface area contributed by atoms with Crippen LogP contribution >= 0.6 is 8.58 Å². The highest BCUT2D eigenvalue weighted by Crippen LogP contribution is 2.44. The van der Waals surface area contributed by atoms with Crippen molar-refractivity contribution >= 4 is 19.8 Å². The van der Waals surface area contributed by atoms with Crippen molar-refractivity contribution in [2.45, 2.75) is 31.7 Å². The van der Waals surface area contributed by atoms with E-state index in [0.29, 0.717) is 20.7 Å². The highest BCUT2D eigenvalue weighted by molar-refractivity contribution is 7.51. The fraction of sp³-hybridized carbons (Fsp3) is 0.381. The number of allylic oxidation sites excluding steroid dienone is 1. The van der Waals surface area contributed by atoms with E-state index in [4.69, 9.17) is 4.74 Å². The summed E-state index contributed by atoms with van der Waals surface area (Å²) in [6.45, 7) is 6.33. The van der Waals surface area contributed by atoms with Gasteiger partial charge in [0.25, 0.3) is 5.91 Å². The minimum Gasteiger partial charge on any atom is -0.497 e. The van der Waals surface area contributed by atoms with Crippen LogP contribution in [0.3, 0.4) is 0 Å². The van der Waals surface area contributed by atoms with Crippen LogP contribution in [0.1, 0.15) is 19.4 Å². The summed E-state index contributed by atoms with van der Waals surface area (Å²) in [4.78, 5) is 17.1. The van der Waals surface area contributed by atoms with E-state index in [9.17, 15) is 4.79 Å². The third-order valence-corrected chi connectivity index (χ3v) is 6.68.